The predicted molar refractivity (Wildman–Crippen MR) is 140 cm³/mol. The molecule has 0 amide bonds. The summed E-state index contributed by atoms with van der Waals surface area (Å²) in [6.45, 7) is 10.4. The number of fused-ring (bicyclic) bond motifs is 1. The van der Waals surface area contributed by atoms with E-state index in [1.807, 2.05) is 6.92 Å². The minimum absolute atomic E-state index is 0.296. The van der Waals surface area contributed by atoms with Crippen LogP contribution in [0.15, 0.2) is 29.3 Å². The highest BCUT2D eigenvalue weighted by Gasteiger charge is 2.44. The van der Waals surface area contributed by atoms with Crippen molar-refractivity contribution in [2.45, 2.75) is 65.8 Å². The molecule has 6 heteroatoms. The maximum absolute atomic E-state index is 8.69. The van der Waals surface area contributed by atoms with Crippen LogP contribution in [0, 0.1) is 36.0 Å². The number of nitrogens with one attached hydrogen (secondary N) is 3. The van der Waals surface area contributed by atoms with Crippen molar-refractivity contribution in [3.05, 3.63) is 51.4 Å². The topological polar surface area (TPSA) is 75.3 Å². The second-order valence-electron chi connectivity index (χ2n) is 10.3. The van der Waals surface area contributed by atoms with Crippen LogP contribution in [0.2, 0.25) is 0 Å². The molecule has 1 aromatic carbocycles. The minimum Gasteiger partial charge on any atom is -0.317 e. The molecule has 1 spiro atoms. The minimum atomic E-state index is -0.296. The summed E-state index contributed by atoms with van der Waals surface area (Å²) in [5.41, 5.74) is 6.39. The average molecular weight is 462 g/mol. The largest absolute Gasteiger partial charge is 0.317 e. The van der Waals surface area contributed by atoms with Crippen LogP contribution in [0.3, 0.4) is 0 Å². The number of nitrogens with zero attached hydrogens (tertiary/aromatic N) is 2. The zero-order valence-corrected chi connectivity index (χ0v) is 21.0. The van der Waals surface area contributed by atoms with Gasteiger partial charge in [0, 0.05) is 16.0 Å². The Kier molecular flexibility index (Phi) is 5.78. The maximum Gasteiger partial charge on any atom is 0.132 e. The normalized spacial score (nSPS) is 22.5. The van der Waals surface area contributed by atoms with Gasteiger partial charge in [-0.25, -0.2) is 0 Å². The Morgan fingerprint density at radius 2 is 1.85 bits per heavy atom. The molecular formula is C27H35N5S. The SMILES string of the molecule is CC(=N)N1C(=N)[C@H](C)N=C(c2ccc(CC3CC4(CCNCC4)C3)cc2)c2c1sc(C)c2C. The van der Waals surface area contributed by atoms with E-state index < -0.39 is 0 Å². The van der Waals surface area contributed by atoms with Crippen molar-refractivity contribution >= 4 is 33.7 Å². The quantitative estimate of drug-likeness (QED) is 0.405. The summed E-state index contributed by atoms with van der Waals surface area (Å²) < 4.78 is 0. The Hall–Kier alpha value is -2.31. The molecular weight excluding hydrogens is 426 g/mol. The van der Waals surface area contributed by atoms with Crippen LogP contribution in [0.25, 0.3) is 0 Å². The van der Waals surface area contributed by atoms with E-state index in [9.17, 15) is 0 Å². The van der Waals surface area contributed by atoms with Gasteiger partial charge in [-0.05, 0) is 95.3 Å². The highest BCUT2D eigenvalue weighted by atomic mass is 32.1. The number of benzene rings is 1. The summed E-state index contributed by atoms with van der Waals surface area (Å²) in [5.74, 6) is 1.56. The fourth-order valence-electron chi connectivity index (χ4n) is 6.02. The fourth-order valence-corrected chi connectivity index (χ4v) is 7.24. The van der Waals surface area contributed by atoms with E-state index in [1.54, 1.807) is 23.2 Å². The van der Waals surface area contributed by atoms with Crippen molar-refractivity contribution < 1.29 is 0 Å². The van der Waals surface area contributed by atoms with Crippen LogP contribution in [-0.4, -0.2) is 36.5 Å². The third-order valence-corrected chi connectivity index (χ3v) is 9.15. The van der Waals surface area contributed by atoms with Gasteiger partial charge in [-0.15, -0.1) is 11.3 Å². The van der Waals surface area contributed by atoms with Gasteiger partial charge in [0.25, 0.3) is 0 Å². The molecule has 1 aromatic heterocycles. The number of anilines is 1. The monoisotopic (exact) mass is 461 g/mol. The molecule has 2 aromatic rings. The molecule has 2 fully saturated rings. The number of amidine groups is 2. The zero-order chi connectivity index (χ0) is 23.3. The Morgan fingerprint density at radius 1 is 1.18 bits per heavy atom. The molecule has 0 bridgehead atoms. The van der Waals surface area contributed by atoms with E-state index >= 15 is 0 Å². The Labute approximate surface area is 201 Å². The van der Waals surface area contributed by atoms with Crippen LogP contribution in [-0.2, 0) is 6.42 Å². The number of thiophene rings is 1. The van der Waals surface area contributed by atoms with Gasteiger partial charge in [-0.2, -0.15) is 0 Å². The highest BCUT2D eigenvalue weighted by molar-refractivity contribution is 7.17. The van der Waals surface area contributed by atoms with Crippen molar-refractivity contribution in [1.29, 1.82) is 10.8 Å². The van der Waals surface area contributed by atoms with Crippen LogP contribution < -0.4 is 10.2 Å². The van der Waals surface area contributed by atoms with Crippen LogP contribution in [0.4, 0.5) is 5.00 Å². The van der Waals surface area contributed by atoms with Crippen molar-refractivity contribution in [1.82, 2.24) is 5.32 Å². The molecule has 1 saturated carbocycles. The maximum atomic E-state index is 8.69. The van der Waals surface area contributed by atoms with Crippen LogP contribution >= 0.6 is 11.3 Å². The number of hydrogen-bond acceptors (Lipinski definition) is 5. The highest BCUT2D eigenvalue weighted by Crippen LogP contribution is 2.52. The molecule has 0 unspecified atom stereocenters. The number of rotatable bonds is 3. The average Bonchev–Trinajstić information content (AvgIpc) is 2.99. The molecule has 1 saturated heterocycles. The van der Waals surface area contributed by atoms with Gasteiger partial charge in [0.15, 0.2) is 0 Å². The van der Waals surface area contributed by atoms with E-state index in [0.717, 1.165) is 27.8 Å². The smallest absolute Gasteiger partial charge is 0.132 e. The summed E-state index contributed by atoms with van der Waals surface area (Å²) in [7, 11) is 0. The van der Waals surface area contributed by atoms with Crippen molar-refractivity contribution in [2.24, 2.45) is 16.3 Å². The fraction of sp³-hybridized carbons (Fsp3) is 0.519. The zero-order valence-electron chi connectivity index (χ0n) is 20.2. The summed E-state index contributed by atoms with van der Waals surface area (Å²) >= 11 is 1.66. The lowest BCUT2D eigenvalue weighted by Gasteiger charge is -2.50. The summed E-state index contributed by atoms with van der Waals surface area (Å²) in [5, 5.41) is 21.5. The van der Waals surface area contributed by atoms with Gasteiger partial charge < -0.3 is 5.32 Å². The summed E-state index contributed by atoms with van der Waals surface area (Å²) in [6.07, 6.45) is 6.65. The first-order valence-electron chi connectivity index (χ1n) is 12.2. The van der Waals surface area contributed by atoms with Crippen LogP contribution in [0.1, 0.15) is 66.7 Å². The van der Waals surface area contributed by atoms with E-state index in [4.69, 9.17) is 15.8 Å². The van der Waals surface area contributed by atoms with E-state index in [-0.39, 0.29) is 6.04 Å². The van der Waals surface area contributed by atoms with Gasteiger partial charge in [-0.3, -0.25) is 20.7 Å². The molecule has 33 heavy (non-hydrogen) atoms. The first kappa shape index (κ1) is 22.5. The molecule has 5 nitrogen and oxygen atoms in total. The lowest BCUT2D eigenvalue weighted by molar-refractivity contribution is 0.0221. The lowest BCUT2D eigenvalue weighted by atomic mass is 9.56. The van der Waals surface area contributed by atoms with Crippen LogP contribution in [0.5, 0.6) is 0 Å². The number of piperidine rings is 1. The molecule has 3 heterocycles. The second kappa shape index (κ2) is 8.48. The van der Waals surface area contributed by atoms with Crippen molar-refractivity contribution in [2.75, 3.05) is 18.0 Å². The van der Waals surface area contributed by atoms with E-state index in [0.29, 0.717) is 17.1 Å². The van der Waals surface area contributed by atoms with E-state index in [2.05, 4.69) is 43.4 Å². The lowest BCUT2D eigenvalue weighted by Crippen LogP contribution is -2.45. The molecule has 5 rings (SSSR count). The second-order valence-corrected chi connectivity index (χ2v) is 11.6. The Balaban J connectivity index is 1.40. The number of aliphatic imine (C=N–C) groups is 1. The Bertz CT molecular complexity index is 1110. The van der Waals surface area contributed by atoms with Gasteiger partial charge in [0.1, 0.15) is 22.7 Å². The Morgan fingerprint density at radius 3 is 2.48 bits per heavy atom. The summed E-state index contributed by atoms with van der Waals surface area (Å²) in [4.78, 5) is 7.99. The molecule has 174 valence electrons. The number of aryl methyl sites for hydroxylation is 1. The van der Waals surface area contributed by atoms with E-state index in [1.165, 1.54) is 61.2 Å². The molecule has 1 atom stereocenters. The first-order chi connectivity index (χ1) is 15.8. The van der Waals surface area contributed by atoms with Gasteiger partial charge in [-0.1, -0.05) is 24.3 Å². The molecule has 2 aliphatic heterocycles. The van der Waals surface area contributed by atoms with Gasteiger partial charge >= 0.3 is 0 Å². The molecule has 1 aliphatic carbocycles. The number of hydrogen-bond donors (Lipinski definition) is 3. The van der Waals surface area contributed by atoms with Gasteiger partial charge in [0.2, 0.25) is 0 Å². The first-order valence-corrected chi connectivity index (χ1v) is 13.0. The standard InChI is InChI=1S/C27H35N5S/c1-16-18(3)33-26-23(16)24(31-17(2)25(29)32(26)19(4)28)22-7-5-20(6-8-22)13-21-14-27(15-21)9-11-30-12-10-27/h5-8,17,21,28-30H,9-15H2,1-4H3/t17-/m0/s1. The third kappa shape index (κ3) is 3.97. The van der Waals surface area contributed by atoms with Crippen molar-refractivity contribution in [3.63, 3.8) is 0 Å². The summed E-state index contributed by atoms with van der Waals surface area (Å²) in [6, 6.07) is 8.69. The predicted octanol–water partition coefficient (Wildman–Crippen LogP) is 5.71. The third-order valence-electron chi connectivity index (χ3n) is 7.96. The molecule has 3 N–H and O–H groups in total. The molecule has 3 aliphatic rings. The van der Waals surface area contributed by atoms with Gasteiger partial charge in [0.05, 0.1) is 5.71 Å². The molecule has 0 radical (unpaired) electrons. The van der Waals surface area contributed by atoms with Crippen molar-refractivity contribution in [3.8, 4) is 0 Å².